The molecule has 0 atom stereocenters. The second-order valence-corrected chi connectivity index (χ2v) is 6.39. The molecule has 1 heterocycles. The molecule has 0 radical (unpaired) electrons. The Morgan fingerprint density at radius 1 is 1.31 bits per heavy atom. The zero-order valence-electron chi connectivity index (χ0n) is 17.5. The number of carbonyl (C=O) groups excluding carboxylic acids is 1. The normalized spacial score (nSPS) is 12.3. The average Bonchev–Trinajstić information content (AvgIpc) is 2.77. The number of alkyl halides is 3. The van der Waals surface area contributed by atoms with Gasteiger partial charge < -0.3 is 16.2 Å². The first-order valence-corrected chi connectivity index (χ1v) is 9.33. The molecule has 1 aromatic carbocycles. The highest BCUT2D eigenvalue weighted by Crippen LogP contribution is 2.33. The van der Waals surface area contributed by atoms with Gasteiger partial charge in [-0.25, -0.2) is 9.78 Å². The number of nitrogen functional groups attached to an aromatic ring is 1. The molecule has 0 unspecified atom stereocenters. The number of aliphatic imine (C=N–C) groups is 1. The number of methoxy groups -OCH3 is 1. The molecular weight excluding hydrogens is 421 g/mol. The van der Waals surface area contributed by atoms with Crippen LogP contribution in [0, 0.1) is 11.8 Å². The van der Waals surface area contributed by atoms with Crippen LogP contribution in [-0.2, 0) is 10.9 Å². The first-order chi connectivity index (χ1) is 15.1. The molecule has 0 spiro atoms. The van der Waals surface area contributed by atoms with E-state index in [0.29, 0.717) is 23.5 Å². The van der Waals surface area contributed by atoms with Gasteiger partial charge in [-0.05, 0) is 30.7 Å². The number of nitrogens with two attached hydrogens (primary N) is 2. The van der Waals surface area contributed by atoms with E-state index < -0.39 is 23.3 Å². The topological polar surface area (TPSA) is 104 Å². The number of benzene rings is 1. The lowest BCUT2D eigenvalue weighted by Gasteiger charge is -2.15. The number of hydrogen-bond acceptors (Lipinski definition) is 6. The summed E-state index contributed by atoms with van der Waals surface area (Å²) in [5.41, 5.74) is 11.1. The lowest BCUT2D eigenvalue weighted by molar-refractivity contribution is -0.138. The molecule has 9 heteroatoms. The summed E-state index contributed by atoms with van der Waals surface area (Å²) >= 11 is 0. The highest BCUT2D eigenvalue weighted by Gasteiger charge is 2.36. The van der Waals surface area contributed by atoms with Gasteiger partial charge in [0, 0.05) is 29.2 Å². The number of halogens is 3. The maximum atomic E-state index is 13.7. The van der Waals surface area contributed by atoms with Crippen LogP contribution >= 0.6 is 0 Å². The number of aromatic nitrogens is 1. The van der Waals surface area contributed by atoms with Gasteiger partial charge in [-0.2, -0.15) is 13.2 Å². The molecule has 0 aliphatic heterocycles. The molecule has 166 valence electrons. The van der Waals surface area contributed by atoms with Crippen molar-refractivity contribution in [3.63, 3.8) is 0 Å². The molecule has 0 saturated carbocycles. The van der Waals surface area contributed by atoms with Crippen LogP contribution in [0.4, 0.5) is 19.0 Å². The van der Waals surface area contributed by atoms with Gasteiger partial charge in [-0.3, -0.25) is 4.99 Å². The molecule has 0 aliphatic carbocycles. The Hall–Kier alpha value is -4.06. The van der Waals surface area contributed by atoms with E-state index in [9.17, 15) is 18.0 Å². The number of rotatable bonds is 5. The van der Waals surface area contributed by atoms with Crippen molar-refractivity contribution in [2.45, 2.75) is 19.5 Å². The van der Waals surface area contributed by atoms with Crippen molar-refractivity contribution >= 4 is 17.5 Å². The number of carbonyl (C=O) groups is 1. The van der Waals surface area contributed by atoms with Gasteiger partial charge >= 0.3 is 12.1 Å². The maximum Gasteiger partial charge on any atom is 0.417 e. The highest BCUT2D eigenvalue weighted by atomic mass is 19.4. The van der Waals surface area contributed by atoms with Gasteiger partial charge in [0.05, 0.1) is 29.5 Å². The number of esters is 1. The zero-order chi connectivity index (χ0) is 23.9. The minimum Gasteiger partial charge on any atom is -0.465 e. The quantitative estimate of drug-likeness (QED) is 0.413. The van der Waals surface area contributed by atoms with E-state index in [2.05, 4.69) is 33.1 Å². The summed E-state index contributed by atoms with van der Waals surface area (Å²) in [6, 6.07) is 6.37. The second kappa shape index (κ2) is 10.3. The van der Waals surface area contributed by atoms with Crippen LogP contribution in [0.2, 0.25) is 0 Å². The third-order valence-electron chi connectivity index (χ3n) is 4.28. The molecule has 0 aliphatic rings. The van der Waals surface area contributed by atoms with Crippen molar-refractivity contribution in [1.82, 2.24) is 4.98 Å². The molecule has 4 N–H and O–H groups in total. The predicted molar refractivity (Wildman–Crippen MR) is 117 cm³/mol. The number of ether oxygens (including phenoxy) is 1. The summed E-state index contributed by atoms with van der Waals surface area (Å²) in [4.78, 5) is 19.9. The number of hydrogen-bond donors (Lipinski definition) is 2. The van der Waals surface area contributed by atoms with Crippen LogP contribution < -0.4 is 11.5 Å². The van der Waals surface area contributed by atoms with Gasteiger partial charge in [0.15, 0.2) is 0 Å². The summed E-state index contributed by atoms with van der Waals surface area (Å²) in [6.07, 6.45) is -1.81. The first kappa shape index (κ1) is 24.2. The van der Waals surface area contributed by atoms with E-state index in [0.717, 1.165) is 19.2 Å². The Morgan fingerprint density at radius 3 is 2.56 bits per heavy atom. The van der Waals surface area contributed by atoms with Gasteiger partial charge in [-0.1, -0.05) is 31.4 Å². The highest BCUT2D eigenvalue weighted by molar-refractivity contribution is 6.16. The smallest absolute Gasteiger partial charge is 0.417 e. The maximum absolute atomic E-state index is 13.7. The number of nitrogens with zero attached hydrogens (tertiary/aromatic N) is 2. The van der Waals surface area contributed by atoms with Crippen molar-refractivity contribution in [2.75, 3.05) is 12.8 Å². The lowest BCUT2D eigenvalue weighted by atomic mass is 9.95. The zero-order valence-corrected chi connectivity index (χ0v) is 17.5. The summed E-state index contributed by atoms with van der Waals surface area (Å²) in [5.74, 6) is 4.94. The van der Waals surface area contributed by atoms with Crippen molar-refractivity contribution in [3.8, 4) is 11.8 Å². The fraction of sp³-hybridized carbons (Fsp3) is 0.174. The number of anilines is 1. The first-order valence-electron chi connectivity index (χ1n) is 9.33. The Bertz CT molecular complexity index is 1140. The molecule has 0 bridgehead atoms. The summed E-state index contributed by atoms with van der Waals surface area (Å²) < 4.78 is 45.4. The third-order valence-corrected chi connectivity index (χ3v) is 4.28. The van der Waals surface area contributed by atoms with Gasteiger partial charge in [0.2, 0.25) is 0 Å². The predicted octanol–water partition coefficient (Wildman–Crippen LogP) is 4.08. The van der Waals surface area contributed by atoms with Crippen LogP contribution in [-0.4, -0.2) is 23.8 Å². The molecule has 1 aromatic heterocycles. The molecule has 0 fully saturated rings. The fourth-order valence-electron chi connectivity index (χ4n) is 2.67. The van der Waals surface area contributed by atoms with E-state index >= 15 is 0 Å². The summed E-state index contributed by atoms with van der Waals surface area (Å²) in [7, 11) is 1.01. The van der Waals surface area contributed by atoms with E-state index in [-0.39, 0.29) is 16.8 Å². The monoisotopic (exact) mass is 442 g/mol. The van der Waals surface area contributed by atoms with Crippen LogP contribution in [0.15, 0.2) is 65.6 Å². The standard InChI is InChI=1S/C23H21F3N4O2/c1-4-19(27)17(9-6-14-7-11-20(28)30-13-14)21(29-5-2)15-8-10-16(22(31)32-3)18(12-15)23(24,25)26/h5,7-8,10-13H,2,4,27H2,1,3H3,(H2,28,30)/b19-17-,29-21-. The van der Waals surface area contributed by atoms with Crippen LogP contribution in [0.1, 0.15) is 40.4 Å². The number of pyridine rings is 1. The largest absolute Gasteiger partial charge is 0.465 e. The molecular formula is C23H21F3N4O2. The van der Waals surface area contributed by atoms with Crippen molar-refractivity contribution in [1.29, 1.82) is 0 Å². The van der Waals surface area contributed by atoms with E-state index in [1.54, 1.807) is 19.1 Å². The van der Waals surface area contributed by atoms with E-state index in [4.69, 9.17) is 11.5 Å². The van der Waals surface area contributed by atoms with Crippen molar-refractivity contribution < 1.29 is 22.7 Å². The number of allylic oxidation sites excluding steroid dienone is 2. The van der Waals surface area contributed by atoms with E-state index in [1.165, 1.54) is 18.5 Å². The second-order valence-electron chi connectivity index (χ2n) is 6.39. The Morgan fingerprint density at radius 2 is 2.03 bits per heavy atom. The van der Waals surface area contributed by atoms with Crippen LogP contribution in [0.5, 0.6) is 0 Å². The SMILES string of the molecule is C=C/N=C(\C(C#Cc1ccc(N)nc1)=C(/N)CC)c1ccc(C(=O)OC)c(C(F)(F)F)c1. The van der Waals surface area contributed by atoms with Crippen LogP contribution in [0.25, 0.3) is 0 Å². The third kappa shape index (κ3) is 5.76. The Labute approximate surface area is 183 Å². The average molecular weight is 442 g/mol. The van der Waals surface area contributed by atoms with Crippen LogP contribution in [0.3, 0.4) is 0 Å². The van der Waals surface area contributed by atoms with Crippen molar-refractivity contribution in [2.24, 2.45) is 10.7 Å². The minimum atomic E-state index is -4.81. The molecule has 0 amide bonds. The molecule has 0 saturated heterocycles. The molecule has 32 heavy (non-hydrogen) atoms. The summed E-state index contributed by atoms with van der Waals surface area (Å²) in [5, 5.41) is 0. The fourth-order valence-corrected chi connectivity index (χ4v) is 2.67. The minimum absolute atomic E-state index is 0.0565. The van der Waals surface area contributed by atoms with Gasteiger partial charge in [0.25, 0.3) is 0 Å². The summed E-state index contributed by atoms with van der Waals surface area (Å²) in [6.45, 7) is 5.31. The molecule has 2 rings (SSSR count). The van der Waals surface area contributed by atoms with E-state index in [1.807, 2.05) is 0 Å². The van der Waals surface area contributed by atoms with Gasteiger partial charge in [0.1, 0.15) is 5.82 Å². The molecule has 6 nitrogen and oxygen atoms in total. The van der Waals surface area contributed by atoms with Crippen molar-refractivity contribution in [3.05, 3.63) is 82.8 Å². The Balaban J connectivity index is 2.69. The molecule has 2 aromatic rings. The lowest BCUT2D eigenvalue weighted by Crippen LogP contribution is -2.17. The Kier molecular flexibility index (Phi) is 7.80. The van der Waals surface area contributed by atoms with Gasteiger partial charge in [-0.15, -0.1) is 0 Å².